The van der Waals surface area contributed by atoms with Gasteiger partial charge in [0, 0.05) is 31.1 Å². The molecule has 1 fully saturated rings. The molecule has 0 atom stereocenters. The van der Waals surface area contributed by atoms with Crippen LogP contribution in [0.2, 0.25) is 5.02 Å². The highest BCUT2D eigenvalue weighted by Crippen LogP contribution is 2.26. The Balaban J connectivity index is 1.51. The van der Waals surface area contributed by atoms with Gasteiger partial charge in [-0.25, -0.2) is 17.5 Å². The topological polar surface area (TPSA) is 66.5 Å². The van der Waals surface area contributed by atoms with E-state index in [-0.39, 0.29) is 17.5 Å². The third-order valence-electron chi connectivity index (χ3n) is 5.46. The summed E-state index contributed by atoms with van der Waals surface area (Å²) in [6.45, 7) is 1.38. The summed E-state index contributed by atoms with van der Waals surface area (Å²) in [5, 5.41) is 0.129. The fourth-order valence-electron chi connectivity index (χ4n) is 3.78. The smallest absolute Gasteiger partial charge is 0.243 e. The molecular weight excluding hydrogens is 451 g/mol. The van der Waals surface area contributed by atoms with Crippen molar-refractivity contribution in [2.75, 3.05) is 6.54 Å². The third-order valence-corrected chi connectivity index (χ3v) is 7.13. The lowest BCUT2D eigenvalue weighted by Gasteiger charge is -2.16. The molecule has 32 heavy (non-hydrogen) atoms. The summed E-state index contributed by atoms with van der Waals surface area (Å²) < 4.78 is 41.8. The number of rotatable bonds is 7. The van der Waals surface area contributed by atoms with Crippen molar-refractivity contribution in [1.82, 2.24) is 9.62 Å². The van der Waals surface area contributed by atoms with Gasteiger partial charge >= 0.3 is 0 Å². The second-order valence-electron chi connectivity index (χ2n) is 7.67. The van der Waals surface area contributed by atoms with Gasteiger partial charge in [-0.1, -0.05) is 60.1 Å². The van der Waals surface area contributed by atoms with E-state index < -0.39 is 20.7 Å². The Kier molecular flexibility index (Phi) is 6.60. The summed E-state index contributed by atoms with van der Waals surface area (Å²) in [7, 11) is -4.05. The number of hydrogen-bond donors (Lipinski definition) is 1. The molecule has 0 aliphatic carbocycles. The van der Waals surface area contributed by atoms with Crippen molar-refractivity contribution in [3.8, 4) is 11.1 Å². The van der Waals surface area contributed by atoms with Crippen LogP contribution in [0.3, 0.4) is 0 Å². The molecule has 1 saturated heterocycles. The fourth-order valence-corrected chi connectivity index (χ4v) is 5.00. The molecule has 3 aromatic rings. The Morgan fingerprint density at radius 1 is 1.03 bits per heavy atom. The van der Waals surface area contributed by atoms with Gasteiger partial charge in [-0.3, -0.25) is 4.79 Å². The summed E-state index contributed by atoms with van der Waals surface area (Å²) >= 11 is 5.72. The Labute approximate surface area is 191 Å². The molecule has 1 heterocycles. The van der Waals surface area contributed by atoms with Gasteiger partial charge in [-0.2, -0.15) is 0 Å². The van der Waals surface area contributed by atoms with Crippen LogP contribution in [0.25, 0.3) is 11.1 Å². The van der Waals surface area contributed by atoms with E-state index in [1.165, 1.54) is 6.07 Å². The zero-order chi connectivity index (χ0) is 22.7. The van der Waals surface area contributed by atoms with Crippen molar-refractivity contribution in [2.24, 2.45) is 0 Å². The Morgan fingerprint density at radius 2 is 1.78 bits per heavy atom. The molecule has 4 rings (SSSR count). The maximum atomic E-state index is 14.1. The van der Waals surface area contributed by atoms with E-state index >= 15 is 0 Å². The highest BCUT2D eigenvalue weighted by Gasteiger charge is 2.21. The number of carbonyl (C=O) groups excluding carboxylic acids is 1. The molecule has 8 heteroatoms. The van der Waals surface area contributed by atoms with Gasteiger partial charge in [0.25, 0.3) is 0 Å². The SMILES string of the molecule is O=C1CCCN1Cc1ccc(-c2ccccc2CNS(=O)(=O)c2ccc(Cl)cc2F)cc1. The highest BCUT2D eigenvalue weighted by atomic mass is 35.5. The second kappa shape index (κ2) is 9.40. The predicted molar refractivity (Wildman–Crippen MR) is 122 cm³/mol. The van der Waals surface area contributed by atoms with Crippen LogP contribution in [0.5, 0.6) is 0 Å². The largest absolute Gasteiger partial charge is 0.338 e. The number of likely N-dealkylation sites (tertiary alicyclic amines) is 1. The van der Waals surface area contributed by atoms with E-state index in [0.29, 0.717) is 13.0 Å². The van der Waals surface area contributed by atoms with Crippen LogP contribution in [-0.4, -0.2) is 25.8 Å². The standard InChI is InChI=1S/C24H22ClFN2O3S/c25-20-11-12-23(22(26)14-20)32(30,31)27-15-19-4-1-2-5-21(19)18-9-7-17(8-10-18)16-28-13-3-6-24(28)29/h1-2,4-5,7-12,14,27H,3,6,13,15-16H2. The summed E-state index contributed by atoms with van der Waals surface area (Å²) in [5.41, 5.74) is 3.60. The lowest BCUT2D eigenvalue weighted by molar-refractivity contribution is -0.128. The molecule has 0 unspecified atom stereocenters. The zero-order valence-corrected chi connectivity index (χ0v) is 18.8. The number of amides is 1. The van der Waals surface area contributed by atoms with Crippen molar-refractivity contribution in [1.29, 1.82) is 0 Å². The molecular formula is C24H22ClFN2O3S. The minimum Gasteiger partial charge on any atom is -0.338 e. The first kappa shape index (κ1) is 22.5. The van der Waals surface area contributed by atoms with Crippen molar-refractivity contribution < 1.29 is 17.6 Å². The quantitative estimate of drug-likeness (QED) is 0.539. The van der Waals surface area contributed by atoms with E-state index in [4.69, 9.17) is 11.6 Å². The number of carbonyl (C=O) groups is 1. The minimum absolute atomic E-state index is 0.00457. The number of benzene rings is 3. The van der Waals surface area contributed by atoms with Gasteiger partial charge in [0.15, 0.2) is 0 Å². The lowest BCUT2D eigenvalue weighted by Crippen LogP contribution is -2.24. The molecule has 0 aromatic heterocycles. The summed E-state index contributed by atoms with van der Waals surface area (Å²) in [6, 6.07) is 18.8. The average Bonchev–Trinajstić information content (AvgIpc) is 3.17. The molecule has 0 radical (unpaired) electrons. The number of nitrogens with one attached hydrogen (secondary N) is 1. The van der Waals surface area contributed by atoms with E-state index in [2.05, 4.69) is 4.72 Å². The van der Waals surface area contributed by atoms with Gasteiger partial charge in [0.05, 0.1) is 0 Å². The molecule has 1 aliphatic rings. The van der Waals surface area contributed by atoms with Gasteiger partial charge in [-0.15, -0.1) is 0 Å². The van der Waals surface area contributed by atoms with Crippen LogP contribution in [-0.2, 0) is 27.9 Å². The predicted octanol–water partition coefficient (Wildman–Crippen LogP) is 4.75. The van der Waals surface area contributed by atoms with Gasteiger partial charge in [0.2, 0.25) is 15.9 Å². The van der Waals surface area contributed by atoms with E-state index in [1.54, 1.807) is 0 Å². The highest BCUT2D eigenvalue weighted by molar-refractivity contribution is 7.89. The van der Waals surface area contributed by atoms with Gasteiger partial charge in [0.1, 0.15) is 10.7 Å². The number of hydrogen-bond acceptors (Lipinski definition) is 3. The van der Waals surface area contributed by atoms with Gasteiger partial charge in [-0.05, 0) is 46.9 Å². The maximum Gasteiger partial charge on any atom is 0.243 e. The van der Waals surface area contributed by atoms with E-state index in [9.17, 15) is 17.6 Å². The van der Waals surface area contributed by atoms with Crippen LogP contribution in [0, 0.1) is 5.82 Å². The number of sulfonamides is 1. The van der Waals surface area contributed by atoms with Crippen LogP contribution < -0.4 is 4.72 Å². The molecule has 1 N–H and O–H groups in total. The minimum atomic E-state index is -4.05. The first-order chi connectivity index (χ1) is 15.3. The Bertz CT molecular complexity index is 1250. The molecule has 1 amide bonds. The van der Waals surface area contributed by atoms with E-state index in [0.717, 1.165) is 47.4 Å². The monoisotopic (exact) mass is 472 g/mol. The normalized spacial score (nSPS) is 14.2. The first-order valence-corrected chi connectivity index (χ1v) is 12.1. The second-order valence-corrected chi connectivity index (χ2v) is 9.84. The van der Waals surface area contributed by atoms with Crippen molar-refractivity contribution in [2.45, 2.75) is 30.8 Å². The molecule has 0 saturated carbocycles. The molecule has 0 bridgehead atoms. The van der Waals surface area contributed by atoms with Crippen LogP contribution in [0.4, 0.5) is 4.39 Å². The van der Waals surface area contributed by atoms with Crippen molar-refractivity contribution in [3.63, 3.8) is 0 Å². The first-order valence-electron chi connectivity index (χ1n) is 10.2. The third kappa shape index (κ3) is 5.01. The Hall–Kier alpha value is -2.74. The van der Waals surface area contributed by atoms with Crippen LogP contribution in [0.1, 0.15) is 24.0 Å². The van der Waals surface area contributed by atoms with Crippen molar-refractivity contribution >= 4 is 27.5 Å². The number of nitrogens with zero attached hydrogens (tertiary/aromatic N) is 1. The van der Waals surface area contributed by atoms with Crippen molar-refractivity contribution in [3.05, 3.63) is 88.7 Å². The van der Waals surface area contributed by atoms with Crippen LogP contribution >= 0.6 is 11.6 Å². The zero-order valence-electron chi connectivity index (χ0n) is 17.2. The number of halogens is 2. The van der Waals surface area contributed by atoms with E-state index in [1.807, 2.05) is 53.4 Å². The molecule has 3 aromatic carbocycles. The molecule has 0 spiro atoms. The molecule has 166 valence electrons. The van der Waals surface area contributed by atoms with Gasteiger partial charge < -0.3 is 4.90 Å². The fraction of sp³-hybridized carbons (Fsp3) is 0.208. The average molecular weight is 473 g/mol. The molecule has 5 nitrogen and oxygen atoms in total. The summed E-state index contributed by atoms with van der Waals surface area (Å²) in [4.78, 5) is 13.3. The maximum absolute atomic E-state index is 14.1. The lowest BCUT2D eigenvalue weighted by atomic mass is 9.98. The Morgan fingerprint density at radius 3 is 2.47 bits per heavy atom. The molecule has 1 aliphatic heterocycles. The summed E-state index contributed by atoms with van der Waals surface area (Å²) in [5.74, 6) is -0.714. The van der Waals surface area contributed by atoms with Crippen LogP contribution in [0.15, 0.2) is 71.6 Å². The summed E-state index contributed by atoms with van der Waals surface area (Å²) in [6.07, 6.45) is 1.52.